The summed E-state index contributed by atoms with van der Waals surface area (Å²) in [6, 6.07) is -0.297. The van der Waals surface area contributed by atoms with Crippen LogP contribution in [0.2, 0.25) is 0 Å². The van der Waals surface area contributed by atoms with Crippen LogP contribution in [-0.4, -0.2) is 39.5 Å². The molecule has 0 spiro atoms. The van der Waals surface area contributed by atoms with Crippen molar-refractivity contribution in [1.82, 2.24) is 10.6 Å². The van der Waals surface area contributed by atoms with Crippen LogP contribution in [0.5, 0.6) is 0 Å². The lowest BCUT2D eigenvalue weighted by Crippen LogP contribution is -2.38. The number of urea groups is 1. The maximum Gasteiger partial charge on any atom is 0.314 e. The molecular formula is C9H20N2O3S. The Kier molecular flexibility index (Phi) is 7.11. The topological polar surface area (TPSA) is 75.3 Å². The highest BCUT2D eigenvalue weighted by Gasteiger charge is 2.03. The molecule has 0 aromatic rings. The van der Waals surface area contributed by atoms with Gasteiger partial charge in [-0.25, -0.2) is 13.2 Å². The number of carbonyl (C=O) groups excluding carboxylic acids is 1. The molecule has 6 heteroatoms. The van der Waals surface area contributed by atoms with Gasteiger partial charge in [0.2, 0.25) is 0 Å². The van der Waals surface area contributed by atoms with Crippen molar-refractivity contribution in [1.29, 1.82) is 0 Å². The van der Waals surface area contributed by atoms with E-state index >= 15 is 0 Å². The molecule has 0 atom stereocenters. The summed E-state index contributed by atoms with van der Waals surface area (Å²) in [7, 11) is -2.99. The maximum atomic E-state index is 11.1. The highest BCUT2D eigenvalue weighted by Crippen LogP contribution is 1.90. The molecule has 15 heavy (non-hydrogen) atoms. The number of nitrogens with one attached hydrogen (secondary N) is 2. The molecule has 90 valence electrons. The van der Waals surface area contributed by atoms with Gasteiger partial charge in [-0.1, -0.05) is 19.8 Å². The van der Waals surface area contributed by atoms with Crippen LogP contribution in [0.1, 0.15) is 26.2 Å². The van der Waals surface area contributed by atoms with Gasteiger partial charge in [-0.3, -0.25) is 0 Å². The van der Waals surface area contributed by atoms with Crippen molar-refractivity contribution in [2.24, 2.45) is 0 Å². The molecule has 0 aliphatic carbocycles. The second-order valence-corrected chi connectivity index (χ2v) is 5.78. The van der Waals surface area contributed by atoms with Gasteiger partial charge in [-0.2, -0.15) is 0 Å². The predicted octanol–water partition coefficient (Wildman–Crippen LogP) is 0.520. The summed E-state index contributed by atoms with van der Waals surface area (Å²) >= 11 is 0. The molecule has 0 saturated carbocycles. The molecule has 0 aromatic heterocycles. The molecule has 0 saturated heterocycles. The molecular weight excluding hydrogens is 216 g/mol. The Balaban J connectivity index is 3.42. The van der Waals surface area contributed by atoms with Gasteiger partial charge in [-0.15, -0.1) is 0 Å². The zero-order valence-corrected chi connectivity index (χ0v) is 10.2. The van der Waals surface area contributed by atoms with Crippen molar-refractivity contribution in [3.8, 4) is 0 Å². The summed E-state index contributed by atoms with van der Waals surface area (Å²) in [4.78, 5) is 11.1. The molecule has 0 aliphatic rings. The van der Waals surface area contributed by atoms with Crippen LogP contribution in [0.4, 0.5) is 4.79 Å². The van der Waals surface area contributed by atoms with Crippen LogP contribution in [0.3, 0.4) is 0 Å². The van der Waals surface area contributed by atoms with E-state index in [2.05, 4.69) is 17.6 Å². The lowest BCUT2D eigenvalue weighted by molar-refractivity contribution is 0.241. The van der Waals surface area contributed by atoms with E-state index in [0.29, 0.717) is 6.54 Å². The van der Waals surface area contributed by atoms with E-state index in [1.807, 2.05) is 0 Å². The normalized spacial score (nSPS) is 11.1. The van der Waals surface area contributed by atoms with Gasteiger partial charge >= 0.3 is 6.03 Å². The Morgan fingerprint density at radius 1 is 1.13 bits per heavy atom. The molecule has 5 nitrogen and oxygen atoms in total. The van der Waals surface area contributed by atoms with Gasteiger partial charge in [0.05, 0.1) is 5.75 Å². The lowest BCUT2D eigenvalue weighted by atomic mass is 10.2. The van der Waals surface area contributed by atoms with E-state index in [0.717, 1.165) is 25.5 Å². The van der Waals surface area contributed by atoms with E-state index in [1.54, 1.807) is 0 Å². The second kappa shape index (κ2) is 7.50. The smallest absolute Gasteiger partial charge is 0.314 e. The third-order valence-electron chi connectivity index (χ3n) is 1.82. The molecule has 2 amide bonds. The first-order valence-electron chi connectivity index (χ1n) is 5.15. The van der Waals surface area contributed by atoms with Crippen LogP contribution in [0.25, 0.3) is 0 Å². The Morgan fingerprint density at radius 2 is 1.73 bits per heavy atom. The summed E-state index contributed by atoms with van der Waals surface area (Å²) in [5.41, 5.74) is 0. The molecule has 0 unspecified atom stereocenters. The van der Waals surface area contributed by atoms with Crippen LogP contribution < -0.4 is 10.6 Å². The minimum atomic E-state index is -2.99. The molecule has 0 heterocycles. The zero-order chi connectivity index (χ0) is 11.7. The van der Waals surface area contributed by atoms with Crippen LogP contribution in [-0.2, 0) is 9.84 Å². The van der Waals surface area contributed by atoms with Crippen LogP contribution >= 0.6 is 0 Å². The van der Waals surface area contributed by atoms with Gasteiger partial charge in [0, 0.05) is 19.3 Å². The van der Waals surface area contributed by atoms with Crippen molar-refractivity contribution in [3.63, 3.8) is 0 Å². The third-order valence-corrected chi connectivity index (χ3v) is 2.77. The largest absolute Gasteiger partial charge is 0.338 e. The summed E-state index contributed by atoms with van der Waals surface area (Å²) < 4.78 is 21.5. The second-order valence-electron chi connectivity index (χ2n) is 3.52. The number of hydrogen-bond acceptors (Lipinski definition) is 3. The van der Waals surface area contributed by atoms with E-state index in [1.165, 1.54) is 0 Å². The van der Waals surface area contributed by atoms with E-state index < -0.39 is 9.84 Å². The number of rotatable bonds is 7. The SMILES string of the molecule is CCCCCNC(=O)NCCS(C)(=O)=O. The minimum Gasteiger partial charge on any atom is -0.338 e. The number of sulfone groups is 1. The van der Waals surface area contributed by atoms with Crippen molar-refractivity contribution in [3.05, 3.63) is 0 Å². The third kappa shape index (κ3) is 11.1. The first-order valence-corrected chi connectivity index (χ1v) is 7.21. The van der Waals surface area contributed by atoms with E-state index in [4.69, 9.17) is 0 Å². The monoisotopic (exact) mass is 236 g/mol. The Labute approximate surface area is 91.5 Å². The highest BCUT2D eigenvalue weighted by atomic mass is 32.2. The van der Waals surface area contributed by atoms with Crippen LogP contribution in [0, 0.1) is 0 Å². The van der Waals surface area contributed by atoms with Gasteiger partial charge in [0.1, 0.15) is 9.84 Å². The Hall–Kier alpha value is -0.780. The summed E-state index contributed by atoms with van der Waals surface area (Å²) in [6.07, 6.45) is 4.30. The van der Waals surface area contributed by atoms with Gasteiger partial charge in [0.15, 0.2) is 0 Å². The van der Waals surface area contributed by atoms with Gasteiger partial charge in [0.25, 0.3) is 0 Å². The molecule has 0 fully saturated rings. The van der Waals surface area contributed by atoms with Gasteiger partial charge in [-0.05, 0) is 6.42 Å². The minimum absolute atomic E-state index is 0.0185. The van der Waals surface area contributed by atoms with Gasteiger partial charge < -0.3 is 10.6 Å². The zero-order valence-electron chi connectivity index (χ0n) is 9.38. The molecule has 0 radical (unpaired) electrons. The molecule has 0 aromatic carbocycles. The van der Waals surface area contributed by atoms with Crippen molar-refractivity contribution in [2.75, 3.05) is 25.1 Å². The molecule has 0 rings (SSSR count). The number of hydrogen-bond donors (Lipinski definition) is 2. The average Bonchev–Trinajstić information content (AvgIpc) is 2.10. The fraction of sp³-hybridized carbons (Fsp3) is 0.889. The first kappa shape index (κ1) is 14.2. The fourth-order valence-electron chi connectivity index (χ4n) is 0.989. The van der Waals surface area contributed by atoms with Crippen molar-refractivity contribution < 1.29 is 13.2 Å². The molecule has 2 N–H and O–H groups in total. The lowest BCUT2D eigenvalue weighted by Gasteiger charge is -2.06. The van der Waals surface area contributed by atoms with E-state index in [-0.39, 0.29) is 18.3 Å². The van der Waals surface area contributed by atoms with Crippen LogP contribution in [0.15, 0.2) is 0 Å². The summed E-state index contributed by atoms with van der Waals surface area (Å²) in [5.74, 6) is -0.0185. The quantitative estimate of drug-likeness (QED) is 0.633. The highest BCUT2D eigenvalue weighted by molar-refractivity contribution is 7.90. The first-order chi connectivity index (χ1) is 6.95. The van der Waals surface area contributed by atoms with Crippen molar-refractivity contribution >= 4 is 15.9 Å². The Bertz CT molecular complexity index is 275. The Morgan fingerprint density at radius 3 is 2.27 bits per heavy atom. The molecule has 0 aliphatic heterocycles. The number of amides is 2. The summed E-state index contributed by atoms with van der Waals surface area (Å²) in [5, 5.41) is 5.15. The van der Waals surface area contributed by atoms with E-state index in [9.17, 15) is 13.2 Å². The molecule has 0 bridgehead atoms. The van der Waals surface area contributed by atoms with Crippen molar-refractivity contribution in [2.45, 2.75) is 26.2 Å². The predicted molar refractivity (Wildman–Crippen MR) is 60.6 cm³/mol. The number of carbonyl (C=O) groups is 1. The number of unbranched alkanes of at least 4 members (excludes halogenated alkanes) is 2. The standard InChI is InChI=1S/C9H20N2O3S/c1-3-4-5-6-10-9(12)11-7-8-15(2,13)14/h3-8H2,1-2H3,(H2,10,11,12). The maximum absolute atomic E-state index is 11.1. The summed E-state index contributed by atoms with van der Waals surface area (Å²) in [6.45, 7) is 2.89. The average molecular weight is 236 g/mol. The fourth-order valence-corrected chi connectivity index (χ4v) is 1.46.